The van der Waals surface area contributed by atoms with E-state index < -0.39 is 11.7 Å². The molecule has 2 amide bonds. The summed E-state index contributed by atoms with van der Waals surface area (Å²) >= 11 is 0. The van der Waals surface area contributed by atoms with Crippen LogP contribution in [0.15, 0.2) is 72.8 Å². The number of rotatable bonds is 6. The highest BCUT2D eigenvalue weighted by atomic mass is 19.4. The zero-order valence-electron chi connectivity index (χ0n) is 19.2. The second kappa shape index (κ2) is 11.2. The fourth-order valence-electron chi connectivity index (χ4n) is 3.39. The van der Waals surface area contributed by atoms with Gasteiger partial charge in [0.1, 0.15) is 0 Å². The van der Waals surface area contributed by atoms with Crippen LogP contribution in [0.3, 0.4) is 0 Å². The van der Waals surface area contributed by atoms with Crippen LogP contribution in [0.2, 0.25) is 0 Å². The molecule has 0 atom stereocenters. The van der Waals surface area contributed by atoms with Crippen LogP contribution in [0.4, 0.5) is 24.5 Å². The van der Waals surface area contributed by atoms with Crippen molar-refractivity contribution in [1.29, 1.82) is 0 Å². The van der Waals surface area contributed by atoms with Crippen molar-refractivity contribution in [3.05, 3.63) is 95.2 Å². The van der Waals surface area contributed by atoms with Crippen molar-refractivity contribution in [3.63, 3.8) is 0 Å². The first-order chi connectivity index (χ1) is 16.7. The maximum atomic E-state index is 12.3. The van der Waals surface area contributed by atoms with Gasteiger partial charge in [-0.2, -0.15) is 13.2 Å². The van der Waals surface area contributed by atoms with Gasteiger partial charge in [0, 0.05) is 35.8 Å². The topological polar surface area (TPSA) is 86.0 Å². The number of para-hydroxylation sites is 2. The molecule has 0 radical (unpaired) electrons. The van der Waals surface area contributed by atoms with Gasteiger partial charge in [-0.1, -0.05) is 24.3 Å². The first-order valence-electron chi connectivity index (χ1n) is 10.7. The smallest absolute Gasteiger partial charge is 0.386 e. The molecule has 4 rings (SSSR count). The molecule has 0 aliphatic rings. The van der Waals surface area contributed by atoms with Crippen LogP contribution in [-0.2, 0) is 17.5 Å². The number of aryl methyl sites for hydroxylation is 1. The van der Waals surface area contributed by atoms with Crippen LogP contribution in [0.1, 0.15) is 27.2 Å². The monoisotopic (exact) mass is 482 g/mol. The van der Waals surface area contributed by atoms with Crippen LogP contribution in [0.5, 0.6) is 0 Å². The van der Waals surface area contributed by atoms with E-state index in [-0.39, 0.29) is 5.91 Å². The number of carbonyl (C=O) groups is 2. The van der Waals surface area contributed by atoms with E-state index in [0.29, 0.717) is 23.9 Å². The van der Waals surface area contributed by atoms with Gasteiger partial charge in [-0.25, -0.2) is 0 Å². The number of aromatic amines is 1. The second-order valence-electron chi connectivity index (χ2n) is 7.70. The van der Waals surface area contributed by atoms with Gasteiger partial charge >= 0.3 is 6.18 Å². The largest absolute Gasteiger partial charge is 0.416 e. The number of alkyl halides is 3. The van der Waals surface area contributed by atoms with Gasteiger partial charge < -0.3 is 20.9 Å². The van der Waals surface area contributed by atoms with Gasteiger partial charge in [-0.3, -0.25) is 9.59 Å². The molecule has 1 aromatic heterocycles. The van der Waals surface area contributed by atoms with Crippen molar-refractivity contribution in [2.45, 2.75) is 19.6 Å². The van der Waals surface area contributed by atoms with E-state index in [4.69, 9.17) is 0 Å². The Labute approximate surface area is 200 Å². The molecule has 182 valence electrons. The minimum atomic E-state index is -4.26. The van der Waals surface area contributed by atoms with Crippen molar-refractivity contribution in [1.82, 2.24) is 10.3 Å². The number of H-pyrrole nitrogens is 1. The zero-order valence-corrected chi connectivity index (χ0v) is 19.2. The van der Waals surface area contributed by atoms with Crippen molar-refractivity contribution in [2.75, 3.05) is 17.7 Å². The summed E-state index contributed by atoms with van der Waals surface area (Å²) in [6.45, 7) is 2.27. The maximum Gasteiger partial charge on any atom is 0.416 e. The van der Waals surface area contributed by atoms with E-state index in [2.05, 4.69) is 20.9 Å². The Kier molecular flexibility index (Phi) is 8.14. The minimum Gasteiger partial charge on any atom is -0.386 e. The van der Waals surface area contributed by atoms with Gasteiger partial charge in [0.15, 0.2) is 0 Å². The molecule has 0 saturated carbocycles. The average Bonchev–Trinajstić information content (AvgIpc) is 3.22. The molecule has 0 bridgehead atoms. The van der Waals surface area contributed by atoms with Crippen LogP contribution in [-0.4, -0.2) is 24.3 Å². The van der Waals surface area contributed by atoms with Gasteiger partial charge in [0.25, 0.3) is 5.91 Å². The number of hydrogen-bond acceptors (Lipinski definition) is 3. The fourth-order valence-corrected chi connectivity index (χ4v) is 3.39. The van der Waals surface area contributed by atoms with Crippen molar-refractivity contribution >= 4 is 34.6 Å². The second-order valence-corrected chi connectivity index (χ2v) is 7.70. The van der Waals surface area contributed by atoms with Gasteiger partial charge in [-0.05, 0) is 61.0 Å². The Balaban J connectivity index is 0.000000211. The molecule has 4 N–H and O–H groups in total. The lowest BCUT2D eigenvalue weighted by atomic mass is 10.1. The van der Waals surface area contributed by atoms with E-state index >= 15 is 0 Å². The van der Waals surface area contributed by atoms with Gasteiger partial charge in [0.05, 0.1) is 16.9 Å². The van der Waals surface area contributed by atoms with Crippen LogP contribution >= 0.6 is 0 Å². The molecule has 6 nitrogen and oxygen atoms in total. The Bertz CT molecular complexity index is 1300. The van der Waals surface area contributed by atoms with E-state index in [1.165, 1.54) is 6.07 Å². The highest BCUT2D eigenvalue weighted by Gasteiger charge is 2.30. The molecular formula is C26H25F3N4O2. The van der Waals surface area contributed by atoms with E-state index in [1.54, 1.807) is 25.2 Å². The minimum absolute atomic E-state index is 0.174. The Morgan fingerprint density at radius 2 is 1.66 bits per heavy atom. The molecule has 4 aromatic rings. The van der Waals surface area contributed by atoms with E-state index in [0.717, 1.165) is 40.3 Å². The molecule has 0 fully saturated rings. The van der Waals surface area contributed by atoms with Gasteiger partial charge in [-0.15, -0.1) is 0 Å². The van der Waals surface area contributed by atoms with Crippen molar-refractivity contribution < 1.29 is 22.8 Å². The first-order valence-corrected chi connectivity index (χ1v) is 10.7. The fraction of sp³-hybridized carbons (Fsp3) is 0.154. The molecule has 0 unspecified atom stereocenters. The number of amides is 2. The average molecular weight is 483 g/mol. The number of fused-ring (bicyclic) bond motifs is 1. The highest BCUT2D eigenvalue weighted by molar-refractivity contribution is 6.05. The summed E-state index contributed by atoms with van der Waals surface area (Å²) < 4.78 is 36.9. The lowest BCUT2D eigenvalue weighted by Gasteiger charge is -2.10. The highest BCUT2D eigenvalue weighted by Crippen LogP contribution is 2.31. The molecule has 0 aliphatic carbocycles. The number of aromatic nitrogens is 1. The number of hydrogen-bond donors (Lipinski definition) is 4. The third kappa shape index (κ3) is 6.86. The number of benzene rings is 3. The number of carbonyl (C=O) groups excluding carboxylic acids is 2. The molecule has 0 saturated heterocycles. The normalized spacial score (nSPS) is 10.8. The lowest BCUT2D eigenvalue weighted by molar-refractivity contribution is -0.137. The SMILES string of the molecule is CNc1ccccc1NC(=O)c1ccc(CNC=O)cc1.Cc1cc2cc(C(F)(F)F)ccc2[nH]1. The molecular weight excluding hydrogens is 457 g/mol. The number of anilines is 2. The standard InChI is InChI=1S/C16H17N3O2.C10H8F3N/c1-17-14-4-2-3-5-15(14)19-16(21)13-8-6-12(7-9-13)10-18-11-20;1-6-4-7-5-8(10(11,12)13)2-3-9(7)14-6/h2-9,11,17H,10H2,1H3,(H,18,20)(H,19,21);2-5,14H,1H3. The lowest BCUT2D eigenvalue weighted by Crippen LogP contribution is -2.14. The summed E-state index contributed by atoms with van der Waals surface area (Å²) in [6.07, 6.45) is -3.62. The molecule has 0 spiro atoms. The Morgan fingerprint density at radius 1 is 0.971 bits per heavy atom. The van der Waals surface area contributed by atoms with E-state index in [9.17, 15) is 22.8 Å². The summed E-state index contributed by atoms with van der Waals surface area (Å²) in [5.41, 5.74) is 4.08. The van der Waals surface area contributed by atoms with Crippen LogP contribution in [0.25, 0.3) is 10.9 Å². The Morgan fingerprint density at radius 3 is 2.29 bits per heavy atom. The van der Waals surface area contributed by atoms with Crippen molar-refractivity contribution in [3.8, 4) is 0 Å². The molecule has 9 heteroatoms. The third-order valence-corrected chi connectivity index (χ3v) is 5.13. The summed E-state index contributed by atoms with van der Waals surface area (Å²) in [7, 11) is 1.81. The number of halogens is 3. The quantitative estimate of drug-likeness (QED) is 0.265. The first kappa shape index (κ1) is 25.4. The third-order valence-electron chi connectivity index (χ3n) is 5.13. The van der Waals surface area contributed by atoms with Crippen LogP contribution < -0.4 is 16.0 Å². The molecule has 3 aromatic carbocycles. The summed E-state index contributed by atoms with van der Waals surface area (Å²) in [4.78, 5) is 25.4. The zero-order chi connectivity index (χ0) is 25.4. The molecule has 0 aliphatic heterocycles. The summed E-state index contributed by atoms with van der Waals surface area (Å²) in [5, 5.41) is 9.07. The van der Waals surface area contributed by atoms with Crippen molar-refractivity contribution in [2.24, 2.45) is 0 Å². The van der Waals surface area contributed by atoms with Crippen LogP contribution in [0, 0.1) is 6.92 Å². The maximum absolute atomic E-state index is 12.3. The predicted molar refractivity (Wildman–Crippen MR) is 131 cm³/mol. The molecule has 1 heterocycles. The predicted octanol–water partition coefficient (Wildman–Crippen LogP) is 5.72. The Hall–Kier alpha value is -4.27. The van der Waals surface area contributed by atoms with Gasteiger partial charge in [0.2, 0.25) is 6.41 Å². The summed E-state index contributed by atoms with van der Waals surface area (Å²) in [5.74, 6) is -0.174. The summed E-state index contributed by atoms with van der Waals surface area (Å²) in [6, 6.07) is 20.0. The number of nitrogens with one attached hydrogen (secondary N) is 4. The molecule has 35 heavy (non-hydrogen) atoms. The van der Waals surface area contributed by atoms with E-state index in [1.807, 2.05) is 43.3 Å².